The molecule has 1 aromatic rings. The molecule has 1 rings (SSSR count). The average molecular weight is 362 g/mol. The first kappa shape index (κ1) is 19.9. The lowest BCUT2D eigenvalue weighted by Crippen LogP contribution is -2.42. The molecule has 0 aliphatic heterocycles. The number of aliphatic imine (C=N–C) groups is 1. The first-order chi connectivity index (χ1) is 10.9. The number of nitrogens with one attached hydrogen (secondary N) is 2. The summed E-state index contributed by atoms with van der Waals surface area (Å²) in [5.41, 5.74) is 0. The summed E-state index contributed by atoms with van der Waals surface area (Å²) >= 11 is 11.9. The zero-order chi connectivity index (χ0) is 17.2. The maximum Gasteiger partial charge on any atom is 0.191 e. The van der Waals surface area contributed by atoms with Gasteiger partial charge in [0.05, 0.1) is 5.02 Å². The summed E-state index contributed by atoms with van der Waals surface area (Å²) in [6.45, 7) is 8.11. The Morgan fingerprint density at radius 2 is 2.04 bits per heavy atom. The topological polar surface area (TPSA) is 65.9 Å². The SMILES string of the molecule is CCNC(=NCC(C)C)NCC(O)COc1cccc(Cl)c1Cl. The highest BCUT2D eigenvalue weighted by Crippen LogP contribution is 2.31. The molecule has 3 N–H and O–H groups in total. The summed E-state index contributed by atoms with van der Waals surface area (Å²) in [4.78, 5) is 4.43. The molecule has 0 bridgehead atoms. The Labute approximate surface area is 148 Å². The van der Waals surface area contributed by atoms with Gasteiger partial charge in [-0.1, -0.05) is 43.1 Å². The minimum Gasteiger partial charge on any atom is -0.489 e. The third-order valence-corrected chi connectivity index (χ3v) is 3.61. The van der Waals surface area contributed by atoms with E-state index in [0.29, 0.717) is 34.2 Å². The van der Waals surface area contributed by atoms with Crippen molar-refractivity contribution in [2.45, 2.75) is 26.9 Å². The smallest absolute Gasteiger partial charge is 0.191 e. The number of nitrogens with zero attached hydrogens (tertiary/aromatic N) is 1. The number of ether oxygens (including phenoxy) is 1. The van der Waals surface area contributed by atoms with Crippen LogP contribution in [0.25, 0.3) is 0 Å². The van der Waals surface area contributed by atoms with Crippen LogP contribution in [0, 0.1) is 5.92 Å². The molecule has 0 saturated carbocycles. The fourth-order valence-electron chi connectivity index (χ4n) is 1.67. The van der Waals surface area contributed by atoms with E-state index in [9.17, 15) is 5.11 Å². The van der Waals surface area contributed by atoms with Gasteiger partial charge < -0.3 is 20.5 Å². The van der Waals surface area contributed by atoms with Crippen LogP contribution < -0.4 is 15.4 Å². The number of rotatable bonds is 8. The highest BCUT2D eigenvalue weighted by molar-refractivity contribution is 6.42. The molecule has 0 saturated heterocycles. The molecule has 0 aliphatic rings. The molecular weight excluding hydrogens is 337 g/mol. The zero-order valence-electron chi connectivity index (χ0n) is 13.8. The van der Waals surface area contributed by atoms with E-state index >= 15 is 0 Å². The molecule has 1 unspecified atom stereocenters. The molecule has 0 fully saturated rings. The van der Waals surface area contributed by atoms with Crippen LogP contribution in [0.3, 0.4) is 0 Å². The monoisotopic (exact) mass is 361 g/mol. The van der Waals surface area contributed by atoms with Crippen molar-refractivity contribution in [3.63, 3.8) is 0 Å². The molecule has 0 spiro atoms. The van der Waals surface area contributed by atoms with Gasteiger partial charge in [-0.25, -0.2) is 0 Å². The minimum atomic E-state index is -0.701. The van der Waals surface area contributed by atoms with Gasteiger partial charge in [0.1, 0.15) is 23.5 Å². The van der Waals surface area contributed by atoms with E-state index in [4.69, 9.17) is 27.9 Å². The van der Waals surface area contributed by atoms with Crippen LogP contribution in [-0.2, 0) is 0 Å². The largest absolute Gasteiger partial charge is 0.489 e. The van der Waals surface area contributed by atoms with Crippen LogP contribution in [0.4, 0.5) is 0 Å². The second-order valence-corrected chi connectivity index (χ2v) is 6.30. The third kappa shape index (κ3) is 7.77. The van der Waals surface area contributed by atoms with Crippen molar-refractivity contribution in [1.82, 2.24) is 10.6 Å². The normalized spacial score (nSPS) is 13.1. The zero-order valence-corrected chi connectivity index (χ0v) is 15.3. The Hall–Kier alpha value is -1.17. The Morgan fingerprint density at radius 3 is 2.70 bits per heavy atom. The number of hydrogen-bond donors (Lipinski definition) is 3. The highest BCUT2D eigenvalue weighted by atomic mass is 35.5. The number of aliphatic hydroxyl groups excluding tert-OH is 1. The number of guanidine groups is 1. The van der Waals surface area contributed by atoms with E-state index in [0.717, 1.165) is 13.1 Å². The molecule has 0 radical (unpaired) electrons. The minimum absolute atomic E-state index is 0.108. The van der Waals surface area contributed by atoms with E-state index in [1.54, 1.807) is 18.2 Å². The molecule has 0 aromatic heterocycles. The predicted molar refractivity (Wildman–Crippen MR) is 96.8 cm³/mol. The lowest BCUT2D eigenvalue weighted by molar-refractivity contribution is 0.110. The second kappa shape index (κ2) is 10.6. The van der Waals surface area contributed by atoms with Crippen LogP contribution in [-0.4, -0.2) is 43.4 Å². The summed E-state index contributed by atoms with van der Waals surface area (Å²) in [5, 5.41) is 17.0. The summed E-state index contributed by atoms with van der Waals surface area (Å²) in [6, 6.07) is 5.14. The summed E-state index contributed by atoms with van der Waals surface area (Å²) in [5.74, 6) is 1.61. The van der Waals surface area contributed by atoms with Gasteiger partial charge >= 0.3 is 0 Å². The fourth-order valence-corrected chi connectivity index (χ4v) is 2.02. The molecule has 130 valence electrons. The Kier molecular flexibility index (Phi) is 9.14. The van der Waals surface area contributed by atoms with Gasteiger partial charge in [0, 0.05) is 19.6 Å². The number of halogens is 2. The first-order valence-electron chi connectivity index (χ1n) is 7.71. The number of aliphatic hydroxyl groups is 1. The second-order valence-electron chi connectivity index (χ2n) is 5.51. The van der Waals surface area contributed by atoms with E-state index in [1.807, 2.05) is 6.92 Å². The molecule has 7 heteroatoms. The van der Waals surface area contributed by atoms with Gasteiger partial charge in [0.25, 0.3) is 0 Å². The van der Waals surface area contributed by atoms with E-state index in [1.165, 1.54) is 0 Å². The highest BCUT2D eigenvalue weighted by Gasteiger charge is 2.10. The van der Waals surface area contributed by atoms with Crippen LogP contribution in [0.1, 0.15) is 20.8 Å². The third-order valence-electron chi connectivity index (χ3n) is 2.81. The maximum absolute atomic E-state index is 10.0. The fraction of sp³-hybridized carbons (Fsp3) is 0.562. The van der Waals surface area contributed by atoms with E-state index in [2.05, 4.69) is 29.5 Å². The van der Waals surface area contributed by atoms with Gasteiger partial charge in [-0.05, 0) is 25.0 Å². The molecule has 0 amide bonds. The van der Waals surface area contributed by atoms with E-state index < -0.39 is 6.10 Å². The average Bonchev–Trinajstić information content (AvgIpc) is 2.51. The maximum atomic E-state index is 10.0. The molecule has 1 atom stereocenters. The van der Waals surface area contributed by atoms with Crippen molar-refractivity contribution in [2.24, 2.45) is 10.9 Å². The lowest BCUT2D eigenvalue weighted by atomic mass is 10.2. The predicted octanol–water partition coefficient (Wildman–Crippen LogP) is 2.94. The van der Waals surface area contributed by atoms with Crippen molar-refractivity contribution in [3.05, 3.63) is 28.2 Å². The molecule has 0 aliphatic carbocycles. The van der Waals surface area contributed by atoms with Gasteiger partial charge in [-0.15, -0.1) is 0 Å². The van der Waals surface area contributed by atoms with Crippen LogP contribution in [0.15, 0.2) is 23.2 Å². The summed E-state index contributed by atoms with van der Waals surface area (Å²) in [6.07, 6.45) is -0.701. The summed E-state index contributed by atoms with van der Waals surface area (Å²) in [7, 11) is 0. The molecule has 1 aromatic carbocycles. The van der Waals surface area contributed by atoms with Crippen molar-refractivity contribution in [2.75, 3.05) is 26.2 Å². The van der Waals surface area contributed by atoms with Gasteiger partial charge in [-0.3, -0.25) is 4.99 Å². The van der Waals surface area contributed by atoms with Crippen molar-refractivity contribution >= 4 is 29.2 Å². The first-order valence-corrected chi connectivity index (χ1v) is 8.46. The Balaban J connectivity index is 2.44. The Bertz CT molecular complexity index is 510. The van der Waals surface area contributed by atoms with Crippen molar-refractivity contribution in [3.8, 4) is 5.75 Å². The standard InChI is InChI=1S/C16H25Cl2N3O2/c1-4-19-16(20-8-11(2)3)21-9-12(22)10-23-14-7-5-6-13(17)15(14)18/h5-7,11-12,22H,4,8-10H2,1-3H3,(H2,19,20,21). The molecule has 0 heterocycles. The van der Waals surface area contributed by atoms with Crippen molar-refractivity contribution < 1.29 is 9.84 Å². The molecular formula is C16H25Cl2N3O2. The number of benzene rings is 1. The van der Waals surface area contributed by atoms with Crippen LogP contribution in [0.2, 0.25) is 10.0 Å². The van der Waals surface area contributed by atoms with Gasteiger partial charge in [-0.2, -0.15) is 0 Å². The van der Waals surface area contributed by atoms with Crippen LogP contribution in [0.5, 0.6) is 5.75 Å². The number of hydrogen-bond acceptors (Lipinski definition) is 3. The quantitative estimate of drug-likeness (QED) is 0.491. The van der Waals surface area contributed by atoms with E-state index in [-0.39, 0.29) is 6.61 Å². The molecule has 5 nitrogen and oxygen atoms in total. The Morgan fingerprint density at radius 1 is 1.30 bits per heavy atom. The van der Waals surface area contributed by atoms with Crippen molar-refractivity contribution in [1.29, 1.82) is 0 Å². The lowest BCUT2D eigenvalue weighted by Gasteiger charge is -2.16. The van der Waals surface area contributed by atoms with Gasteiger partial charge in [0.15, 0.2) is 5.96 Å². The van der Waals surface area contributed by atoms with Gasteiger partial charge in [0.2, 0.25) is 0 Å². The summed E-state index contributed by atoms with van der Waals surface area (Å²) < 4.78 is 5.50. The van der Waals surface area contributed by atoms with Crippen LogP contribution >= 0.6 is 23.2 Å². The molecule has 23 heavy (non-hydrogen) atoms.